The smallest absolute Gasteiger partial charge is 0.249 e. The largest absolute Gasteiger partial charge is 0.354 e. The molecule has 2 atom stereocenters. The van der Waals surface area contributed by atoms with Gasteiger partial charge in [-0.05, 0) is 85.5 Å². The number of amides is 2. The number of aromatic nitrogens is 5. The van der Waals surface area contributed by atoms with Crippen molar-refractivity contribution in [3.63, 3.8) is 0 Å². The monoisotopic (exact) mass is 721 g/mol. The number of piperidine rings is 1. The first-order valence-corrected chi connectivity index (χ1v) is 18.7. The van der Waals surface area contributed by atoms with Crippen LogP contribution in [0.25, 0.3) is 27.9 Å². The second-order valence-electron chi connectivity index (χ2n) is 14.2. The van der Waals surface area contributed by atoms with E-state index in [1.807, 2.05) is 70.0 Å². The zero-order chi connectivity index (χ0) is 36.6. The van der Waals surface area contributed by atoms with E-state index in [1.165, 1.54) is 6.07 Å². The van der Waals surface area contributed by atoms with Gasteiger partial charge in [0.25, 0.3) is 0 Å². The highest BCUT2D eigenvalue weighted by Crippen LogP contribution is 2.36. The Kier molecular flexibility index (Phi) is 9.00. The third-order valence-electron chi connectivity index (χ3n) is 10.9. The maximum atomic E-state index is 14.1. The van der Waals surface area contributed by atoms with Gasteiger partial charge in [0.15, 0.2) is 5.65 Å². The van der Waals surface area contributed by atoms with Gasteiger partial charge in [0.1, 0.15) is 29.2 Å². The number of imidazole rings is 1. The number of rotatable bonds is 7. The zero-order valence-corrected chi connectivity index (χ0v) is 29.9. The first kappa shape index (κ1) is 33.8. The summed E-state index contributed by atoms with van der Waals surface area (Å²) in [6.07, 6.45) is 7.36. The number of benzene rings is 2. The first-order chi connectivity index (χ1) is 26.5. The number of nitrogens with zero attached hydrogens (tertiary/aromatic N) is 8. The van der Waals surface area contributed by atoms with E-state index < -0.39 is 0 Å². The Morgan fingerprint density at radius 2 is 1.76 bits per heavy atom. The zero-order valence-electron chi connectivity index (χ0n) is 29.9. The van der Waals surface area contributed by atoms with Crippen molar-refractivity contribution < 1.29 is 14.0 Å². The molecule has 3 aliphatic heterocycles. The molecule has 3 saturated heterocycles. The van der Waals surface area contributed by atoms with E-state index in [-0.39, 0.29) is 29.7 Å². The summed E-state index contributed by atoms with van der Waals surface area (Å²) in [6, 6.07) is 24.8. The third-order valence-corrected chi connectivity index (χ3v) is 10.9. The molecule has 0 aliphatic carbocycles. The molecule has 2 aromatic carbocycles. The molecule has 272 valence electrons. The van der Waals surface area contributed by atoms with Gasteiger partial charge in [0.2, 0.25) is 11.8 Å². The topological polar surface area (TPSA) is 104 Å². The summed E-state index contributed by atoms with van der Waals surface area (Å²) < 4.78 is 17.9. The second-order valence-corrected chi connectivity index (χ2v) is 14.2. The third kappa shape index (κ3) is 6.67. The molecule has 0 spiro atoms. The minimum absolute atomic E-state index is 0.0776. The summed E-state index contributed by atoms with van der Waals surface area (Å²) in [6.45, 7) is 5.35. The number of anilines is 2. The molecule has 1 N–H and O–H groups in total. The minimum atomic E-state index is -0.371. The highest BCUT2D eigenvalue weighted by molar-refractivity contribution is 6.00. The van der Waals surface area contributed by atoms with Crippen LogP contribution < -0.4 is 15.1 Å². The van der Waals surface area contributed by atoms with Crippen LogP contribution >= 0.6 is 0 Å². The van der Waals surface area contributed by atoms with E-state index in [1.54, 1.807) is 12.1 Å². The van der Waals surface area contributed by atoms with Crippen molar-refractivity contribution in [3.05, 3.63) is 108 Å². The lowest BCUT2D eigenvalue weighted by atomic mass is 10.0. The molecule has 1 unspecified atom stereocenters. The Labute approximate surface area is 312 Å². The molecule has 7 heterocycles. The Morgan fingerprint density at radius 3 is 2.63 bits per heavy atom. The average Bonchev–Trinajstić information content (AvgIpc) is 3.96. The number of fused-ring (bicyclic) bond motifs is 2. The Hall–Kier alpha value is -6.06. The number of carbonyl (C=O) groups excluding carboxylic acids is 2. The molecule has 0 saturated carbocycles. The van der Waals surface area contributed by atoms with Crippen LogP contribution in [0.4, 0.5) is 16.0 Å². The molecule has 3 aliphatic rings. The predicted molar refractivity (Wildman–Crippen MR) is 205 cm³/mol. The molecule has 3 fully saturated rings. The standard InChI is InChI=1S/C42H40FN9O2/c43-32-8-3-7-30(27-32)34-10-5-20-51(34)40-16-15-38-44-28-37(52(38)47-40)33-9-4-11-39(45-33)49-24-22-48(23-25-49)19-2-1-6-29-12-13-35-31(26-29)18-21-50(35)36-14-17-41(53)46-42(36)54/h3-4,7-9,11-13,15-16,18,21,26-28,34,36H,2,5,10,14,17,19-20,22-25H2,(H,46,53,54)/t34-,36?/m1/s1. The van der Waals surface area contributed by atoms with Gasteiger partial charge in [-0.2, -0.15) is 0 Å². The molecule has 4 aromatic heterocycles. The minimum Gasteiger partial charge on any atom is -0.354 e. The average molecular weight is 722 g/mol. The van der Waals surface area contributed by atoms with E-state index in [0.717, 1.165) is 109 Å². The van der Waals surface area contributed by atoms with Gasteiger partial charge in [-0.15, -0.1) is 5.10 Å². The van der Waals surface area contributed by atoms with Gasteiger partial charge < -0.3 is 14.4 Å². The maximum Gasteiger partial charge on any atom is 0.249 e. The van der Waals surface area contributed by atoms with Crippen molar-refractivity contribution in [2.24, 2.45) is 0 Å². The van der Waals surface area contributed by atoms with Gasteiger partial charge >= 0.3 is 0 Å². The molecule has 0 radical (unpaired) electrons. The lowest BCUT2D eigenvalue weighted by Crippen LogP contribution is -2.46. The van der Waals surface area contributed by atoms with Crippen molar-refractivity contribution in [2.75, 3.05) is 49.1 Å². The van der Waals surface area contributed by atoms with Crippen LogP contribution in [0.1, 0.15) is 55.3 Å². The summed E-state index contributed by atoms with van der Waals surface area (Å²) >= 11 is 0. The number of carbonyl (C=O) groups is 2. The van der Waals surface area contributed by atoms with Gasteiger partial charge in [-0.1, -0.05) is 30.0 Å². The van der Waals surface area contributed by atoms with E-state index >= 15 is 0 Å². The molecular weight excluding hydrogens is 682 g/mol. The number of hydrogen-bond acceptors (Lipinski definition) is 8. The Morgan fingerprint density at radius 1 is 0.870 bits per heavy atom. The number of pyridine rings is 1. The number of halogens is 1. The summed E-state index contributed by atoms with van der Waals surface area (Å²) in [4.78, 5) is 40.7. The number of piperazine rings is 1. The lowest BCUT2D eigenvalue weighted by molar-refractivity contribution is -0.135. The highest BCUT2D eigenvalue weighted by atomic mass is 19.1. The predicted octanol–water partition coefficient (Wildman–Crippen LogP) is 5.77. The number of hydrogen-bond donors (Lipinski definition) is 1. The first-order valence-electron chi connectivity index (χ1n) is 18.7. The molecule has 2 amide bonds. The normalized spacial score (nSPS) is 19.4. The van der Waals surface area contributed by atoms with E-state index in [2.05, 4.69) is 49.0 Å². The van der Waals surface area contributed by atoms with Crippen LogP contribution in [0.5, 0.6) is 0 Å². The van der Waals surface area contributed by atoms with Crippen molar-refractivity contribution >= 4 is 40.0 Å². The highest BCUT2D eigenvalue weighted by Gasteiger charge is 2.29. The lowest BCUT2D eigenvalue weighted by Gasteiger charge is -2.35. The second kappa shape index (κ2) is 14.4. The van der Waals surface area contributed by atoms with Crippen molar-refractivity contribution in [2.45, 2.75) is 44.2 Å². The fourth-order valence-corrected chi connectivity index (χ4v) is 8.08. The van der Waals surface area contributed by atoms with Crippen molar-refractivity contribution in [1.29, 1.82) is 0 Å². The molecule has 54 heavy (non-hydrogen) atoms. The summed E-state index contributed by atoms with van der Waals surface area (Å²) in [5.74, 6) is 7.78. The molecular formula is C42H40FN9O2. The Balaban J connectivity index is 0.819. The van der Waals surface area contributed by atoms with Crippen LogP contribution in [-0.4, -0.2) is 80.1 Å². The van der Waals surface area contributed by atoms with E-state index in [9.17, 15) is 14.0 Å². The maximum absolute atomic E-state index is 14.1. The fourth-order valence-electron chi connectivity index (χ4n) is 8.08. The molecule has 0 bridgehead atoms. The van der Waals surface area contributed by atoms with Crippen LogP contribution in [-0.2, 0) is 9.59 Å². The quantitative estimate of drug-likeness (QED) is 0.164. The van der Waals surface area contributed by atoms with E-state index in [4.69, 9.17) is 10.1 Å². The molecule has 12 heteroatoms. The summed E-state index contributed by atoms with van der Waals surface area (Å²) in [7, 11) is 0. The fraction of sp³-hybridized carbons (Fsp3) is 0.310. The van der Waals surface area contributed by atoms with E-state index in [0.29, 0.717) is 12.8 Å². The van der Waals surface area contributed by atoms with Crippen LogP contribution in [0.3, 0.4) is 0 Å². The number of nitrogens with one attached hydrogen (secondary N) is 1. The SMILES string of the molecule is O=C1CCC(n2ccc3cc(C#CCCN4CCN(c5cccc(-c6cnc7ccc(N8CCC[C@@H]8c8cccc(F)c8)nn67)n5)CC4)ccc32)C(=O)N1. The van der Waals surface area contributed by atoms with Gasteiger partial charge in [-0.3, -0.25) is 19.8 Å². The molecule has 6 aromatic rings. The van der Waals surface area contributed by atoms with Crippen LogP contribution in [0.2, 0.25) is 0 Å². The van der Waals surface area contributed by atoms with Gasteiger partial charge in [0.05, 0.1) is 17.9 Å². The van der Waals surface area contributed by atoms with Gasteiger partial charge in [-0.25, -0.2) is 18.9 Å². The summed E-state index contributed by atoms with van der Waals surface area (Å²) in [5, 5.41) is 8.50. The van der Waals surface area contributed by atoms with Crippen LogP contribution in [0.15, 0.2) is 91.3 Å². The summed E-state index contributed by atoms with van der Waals surface area (Å²) in [5.41, 5.74) is 5.28. The van der Waals surface area contributed by atoms with Crippen molar-refractivity contribution in [3.8, 4) is 23.2 Å². The van der Waals surface area contributed by atoms with Crippen molar-refractivity contribution in [1.82, 2.24) is 34.4 Å². The number of imide groups is 1. The molecule has 11 nitrogen and oxygen atoms in total. The Bertz CT molecular complexity index is 2440. The van der Waals surface area contributed by atoms with Gasteiger partial charge in [0, 0.05) is 74.8 Å². The molecule has 9 rings (SSSR count). The van der Waals surface area contributed by atoms with Crippen LogP contribution in [0, 0.1) is 17.7 Å².